The van der Waals surface area contributed by atoms with Crippen LogP contribution in [0, 0.1) is 0 Å². The molecule has 98 valence electrons. The smallest absolute Gasteiger partial charge is 0.0738 e. The molecule has 0 saturated carbocycles. The SMILES string of the molecule is Cn1cc(C(CN)Sc2cc3ccccc3[nH]2)cn1. The van der Waals surface area contributed by atoms with Gasteiger partial charge in [-0.2, -0.15) is 5.10 Å². The molecule has 1 unspecified atom stereocenters. The van der Waals surface area contributed by atoms with E-state index in [0.29, 0.717) is 6.54 Å². The first-order valence-electron chi connectivity index (χ1n) is 6.19. The molecule has 0 amide bonds. The monoisotopic (exact) mass is 272 g/mol. The molecule has 3 N–H and O–H groups in total. The summed E-state index contributed by atoms with van der Waals surface area (Å²) in [5, 5.41) is 6.80. The number of hydrogen-bond donors (Lipinski definition) is 2. The van der Waals surface area contributed by atoms with E-state index in [0.717, 1.165) is 16.1 Å². The Bertz CT molecular complexity index is 652. The maximum Gasteiger partial charge on any atom is 0.0738 e. The molecule has 3 aromatic rings. The van der Waals surface area contributed by atoms with Crippen LogP contribution in [-0.2, 0) is 7.05 Å². The summed E-state index contributed by atoms with van der Waals surface area (Å²) in [6.07, 6.45) is 3.90. The Morgan fingerprint density at radius 3 is 2.95 bits per heavy atom. The van der Waals surface area contributed by atoms with Gasteiger partial charge in [0.05, 0.1) is 16.5 Å². The first-order chi connectivity index (χ1) is 9.26. The van der Waals surface area contributed by atoms with Gasteiger partial charge in [0.2, 0.25) is 0 Å². The third-order valence-electron chi connectivity index (χ3n) is 3.09. The lowest BCUT2D eigenvalue weighted by Crippen LogP contribution is -2.08. The second kappa shape index (κ2) is 5.11. The summed E-state index contributed by atoms with van der Waals surface area (Å²) in [7, 11) is 1.92. The van der Waals surface area contributed by atoms with Crippen LogP contribution in [0.25, 0.3) is 10.9 Å². The molecule has 0 aliphatic rings. The van der Waals surface area contributed by atoms with E-state index in [4.69, 9.17) is 5.73 Å². The number of aromatic amines is 1. The van der Waals surface area contributed by atoms with Crippen LogP contribution in [0.15, 0.2) is 47.8 Å². The Morgan fingerprint density at radius 1 is 1.42 bits per heavy atom. The number of aryl methyl sites for hydroxylation is 1. The third-order valence-corrected chi connectivity index (χ3v) is 4.31. The Labute approximate surface area is 116 Å². The van der Waals surface area contributed by atoms with Gasteiger partial charge < -0.3 is 10.7 Å². The van der Waals surface area contributed by atoms with Gasteiger partial charge in [0.25, 0.3) is 0 Å². The summed E-state index contributed by atoms with van der Waals surface area (Å²) < 4.78 is 1.81. The molecule has 1 aromatic carbocycles. The minimum atomic E-state index is 0.224. The van der Waals surface area contributed by atoms with Crippen molar-refractivity contribution in [1.82, 2.24) is 14.8 Å². The average Bonchev–Trinajstić information content (AvgIpc) is 3.01. The maximum atomic E-state index is 5.88. The number of rotatable bonds is 4. The number of nitrogens with two attached hydrogens (primary N) is 1. The van der Waals surface area contributed by atoms with E-state index in [1.54, 1.807) is 11.8 Å². The lowest BCUT2D eigenvalue weighted by Gasteiger charge is -2.10. The van der Waals surface area contributed by atoms with E-state index >= 15 is 0 Å². The minimum Gasteiger partial charge on any atom is -0.350 e. The molecule has 0 spiro atoms. The molecule has 0 fully saturated rings. The molecule has 4 nitrogen and oxygen atoms in total. The van der Waals surface area contributed by atoms with Gasteiger partial charge in [0, 0.05) is 36.3 Å². The van der Waals surface area contributed by atoms with Crippen LogP contribution < -0.4 is 5.73 Å². The Kier molecular flexibility index (Phi) is 3.31. The molecular weight excluding hydrogens is 256 g/mol. The van der Waals surface area contributed by atoms with E-state index < -0.39 is 0 Å². The van der Waals surface area contributed by atoms with Crippen molar-refractivity contribution in [1.29, 1.82) is 0 Å². The van der Waals surface area contributed by atoms with Gasteiger partial charge in [0.1, 0.15) is 0 Å². The zero-order valence-corrected chi connectivity index (χ0v) is 11.5. The van der Waals surface area contributed by atoms with Crippen molar-refractivity contribution in [3.63, 3.8) is 0 Å². The fourth-order valence-electron chi connectivity index (χ4n) is 2.12. The normalized spacial score (nSPS) is 12.9. The van der Waals surface area contributed by atoms with Crippen LogP contribution in [0.5, 0.6) is 0 Å². The summed E-state index contributed by atoms with van der Waals surface area (Å²) in [4.78, 5) is 3.42. The molecule has 2 heterocycles. The van der Waals surface area contributed by atoms with Gasteiger partial charge >= 0.3 is 0 Å². The number of benzene rings is 1. The third kappa shape index (κ3) is 2.52. The molecule has 0 aliphatic carbocycles. The summed E-state index contributed by atoms with van der Waals surface area (Å²) in [5.41, 5.74) is 8.20. The second-order valence-electron chi connectivity index (χ2n) is 4.51. The van der Waals surface area contributed by atoms with Crippen molar-refractivity contribution < 1.29 is 0 Å². The molecule has 1 atom stereocenters. The van der Waals surface area contributed by atoms with Crippen LogP contribution in [-0.4, -0.2) is 21.3 Å². The number of H-pyrrole nitrogens is 1. The van der Waals surface area contributed by atoms with Crippen molar-refractivity contribution in [2.24, 2.45) is 12.8 Å². The van der Waals surface area contributed by atoms with Crippen LogP contribution in [0.2, 0.25) is 0 Å². The van der Waals surface area contributed by atoms with Gasteiger partial charge in [0.15, 0.2) is 0 Å². The number of thioether (sulfide) groups is 1. The van der Waals surface area contributed by atoms with Crippen molar-refractivity contribution >= 4 is 22.7 Å². The first-order valence-corrected chi connectivity index (χ1v) is 7.07. The van der Waals surface area contributed by atoms with Gasteiger partial charge in [-0.25, -0.2) is 0 Å². The number of hydrogen-bond acceptors (Lipinski definition) is 3. The highest BCUT2D eigenvalue weighted by Gasteiger charge is 2.14. The highest BCUT2D eigenvalue weighted by Crippen LogP contribution is 2.35. The molecular formula is C14H16N4S. The first kappa shape index (κ1) is 12.3. The topological polar surface area (TPSA) is 59.6 Å². The molecule has 3 rings (SSSR count). The number of nitrogens with one attached hydrogen (secondary N) is 1. The number of nitrogens with zero attached hydrogens (tertiary/aromatic N) is 2. The fourth-order valence-corrected chi connectivity index (χ4v) is 3.15. The highest BCUT2D eigenvalue weighted by atomic mass is 32.2. The Morgan fingerprint density at radius 2 is 2.26 bits per heavy atom. The van der Waals surface area contributed by atoms with Gasteiger partial charge in [-0.3, -0.25) is 4.68 Å². The van der Waals surface area contributed by atoms with Crippen LogP contribution >= 0.6 is 11.8 Å². The predicted molar refractivity (Wildman–Crippen MR) is 79.2 cm³/mol. The largest absolute Gasteiger partial charge is 0.350 e. The molecule has 0 bridgehead atoms. The lowest BCUT2D eigenvalue weighted by atomic mass is 10.2. The molecule has 19 heavy (non-hydrogen) atoms. The lowest BCUT2D eigenvalue weighted by molar-refractivity contribution is 0.766. The molecule has 0 aliphatic heterocycles. The zero-order valence-electron chi connectivity index (χ0n) is 10.7. The predicted octanol–water partition coefficient (Wildman–Crippen LogP) is 2.69. The van der Waals surface area contributed by atoms with Crippen molar-refractivity contribution in [3.05, 3.63) is 48.3 Å². The number of para-hydroxylation sites is 1. The highest BCUT2D eigenvalue weighted by molar-refractivity contribution is 7.99. The second-order valence-corrected chi connectivity index (χ2v) is 5.75. The number of fused-ring (bicyclic) bond motifs is 1. The zero-order chi connectivity index (χ0) is 13.2. The maximum absolute atomic E-state index is 5.88. The Balaban J connectivity index is 1.86. The van der Waals surface area contributed by atoms with E-state index in [-0.39, 0.29) is 5.25 Å². The summed E-state index contributed by atoms with van der Waals surface area (Å²) in [6.45, 7) is 0.589. The van der Waals surface area contributed by atoms with Gasteiger partial charge in [-0.15, -0.1) is 0 Å². The Hall–Kier alpha value is -1.72. The van der Waals surface area contributed by atoms with Gasteiger partial charge in [-0.05, 0) is 12.1 Å². The van der Waals surface area contributed by atoms with Crippen molar-refractivity contribution in [2.75, 3.05) is 6.54 Å². The molecule has 2 aromatic heterocycles. The molecule has 5 heteroatoms. The van der Waals surface area contributed by atoms with Crippen LogP contribution in [0.3, 0.4) is 0 Å². The standard InChI is InChI=1S/C14H16N4S/c1-18-9-11(8-16-18)13(7-15)19-14-6-10-4-2-3-5-12(10)17-14/h2-6,8-9,13,17H,7,15H2,1H3. The van der Waals surface area contributed by atoms with Gasteiger partial charge in [-0.1, -0.05) is 30.0 Å². The quantitative estimate of drug-likeness (QED) is 0.718. The van der Waals surface area contributed by atoms with Crippen molar-refractivity contribution in [3.8, 4) is 0 Å². The summed E-state index contributed by atoms with van der Waals surface area (Å²) in [5.74, 6) is 0. The van der Waals surface area contributed by atoms with E-state index in [1.807, 2.05) is 36.3 Å². The molecule has 0 radical (unpaired) electrons. The summed E-state index contributed by atoms with van der Waals surface area (Å²) >= 11 is 1.75. The van der Waals surface area contributed by atoms with E-state index in [9.17, 15) is 0 Å². The fraction of sp³-hybridized carbons (Fsp3) is 0.214. The van der Waals surface area contributed by atoms with E-state index in [1.165, 1.54) is 5.39 Å². The van der Waals surface area contributed by atoms with Crippen molar-refractivity contribution in [2.45, 2.75) is 10.3 Å². The van der Waals surface area contributed by atoms with Crippen LogP contribution in [0.1, 0.15) is 10.8 Å². The van der Waals surface area contributed by atoms with E-state index in [2.05, 4.69) is 28.3 Å². The van der Waals surface area contributed by atoms with Crippen LogP contribution in [0.4, 0.5) is 0 Å². The number of aromatic nitrogens is 3. The minimum absolute atomic E-state index is 0.224. The summed E-state index contributed by atoms with van der Waals surface area (Å²) in [6, 6.07) is 10.4. The average molecular weight is 272 g/mol. The molecule has 0 saturated heterocycles.